The fourth-order valence-electron chi connectivity index (χ4n) is 3.84. The summed E-state index contributed by atoms with van der Waals surface area (Å²) in [7, 11) is 1.52. The van der Waals surface area contributed by atoms with Gasteiger partial charge >= 0.3 is 0 Å². The number of amides is 2. The number of carbonyl (C=O) groups is 2. The summed E-state index contributed by atoms with van der Waals surface area (Å²) in [6.07, 6.45) is 0.282. The molecule has 0 heterocycles. The van der Waals surface area contributed by atoms with Crippen molar-refractivity contribution < 1.29 is 18.7 Å². The molecule has 0 aliphatic rings. The Morgan fingerprint density at radius 1 is 1.03 bits per heavy atom. The Kier molecular flexibility index (Phi) is 9.26. The van der Waals surface area contributed by atoms with Crippen molar-refractivity contribution in [2.75, 3.05) is 13.7 Å². The average Bonchev–Trinajstić information content (AvgIpc) is 2.85. The van der Waals surface area contributed by atoms with Crippen LogP contribution in [0.25, 0.3) is 0 Å². The van der Waals surface area contributed by atoms with Crippen LogP contribution in [0.1, 0.15) is 37.5 Å². The normalized spacial score (nSPS) is 12.1. The maximum absolute atomic E-state index is 14.5. The topological polar surface area (TPSA) is 58.6 Å². The summed E-state index contributed by atoms with van der Waals surface area (Å²) in [6.45, 7) is 5.98. The minimum Gasteiger partial charge on any atom is -0.483 e. The molecule has 3 rings (SSSR count). The van der Waals surface area contributed by atoms with Crippen LogP contribution in [0.4, 0.5) is 4.39 Å². The zero-order chi connectivity index (χ0) is 26.3. The number of benzene rings is 3. The van der Waals surface area contributed by atoms with Crippen LogP contribution in [-0.4, -0.2) is 36.4 Å². The highest BCUT2D eigenvalue weighted by molar-refractivity contribution is 9.10. The first-order chi connectivity index (χ1) is 17.1. The third-order valence-electron chi connectivity index (χ3n) is 5.97. The molecule has 0 aliphatic carbocycles. The zero-order valence-corrected chi connectivity index (χ0v) is 22.6. The lowest BCUT2D eigenvalue weighted by Gasteiger charge is -2.31. The van der Waals surface area contributed by atoms with Gasteiger partial charge < -0.3 is 15.0 Å². The van der Waals surface area contributed by atoms with Crippen molar-refractivity contribution in [2.45, 2.75) is 45.2 Å². The first-order valence-electron chi connectivity index (χ1n) is 11.8. The SMILES string of the molecule is CNC(=O)[C@@H](Cc1ccccc1)N(Cc1ccccc1F)C(=O)COc1ccc(C(C)(C)C)cc1Br. The van der Waals surface area contributed by atoms with Crippen LogP contribution in [0, 0.1) is 5.82 Å². The molecule has 3 aromatic carbocycles. The smallest absolute Gasteiger partial charge is 0.261 e. The molecule has 36 heavy (non-hydrogen) atoms. The Morgan fingerprint density at radius 3 is 2.31 bits per heavy atom. The Hall–Kier alpha value is -3.19. The third-order valence-corrected chi connectivity index (χ3v) is 6.58. The lowest BCUT2D eigenvalue weighted by atomic mass is 9.87. The number of nitrogens with zero attached hydrogens (tertiary/aromatic N) is 1. The molecule has 0 saturated carbocycles. The fourth-order valence-corrected chi connectivity index (χ4v) is 4.33. The summed E-state index contributed by atoms with van der Waals surface area (Å²) in [5.74, 6) is -0.678. The molecule has 0 fully saturated rings. The Morgan fingerprint density at radius 2 is 1.69 bits per heavy atom. The largest absolute Gasteiger partial charge is 0.483 e. The van der Waals surface area contributed by atoms with E-state index < -0.39 is 17.8 Å². The van der Waals surface area contributed by atoms with Crippen molar-refractivity contribution in [1.82, 2.24) is 10.2 Å². The van der Waals surface area contributed by atoms with Gasteiger partial charge in [0.2, 0.25) is 5.91 Å². The van der Waals surface area contributed by atoms with Crippen LogP contribution in [0.2, 0.25) is 0 Å². The van der Waals surface area contributed by atoms with E-state index in [-0.39, 0.29) is 30.9 Å². The molecule has 2 amide bonds. The van der Waals surface area contributed by atoms with Gasteiger partial charge in [0.1, 0.15) is 17.6 Å². The second-order valence-electron chi connectivity index (χ2n) is 9.62. The molecule has 3 aromatic rings. The van der Waals surface area contributed by atoms with E-state index in [1.165, 1.54) is 18.0 Å². The fraction of sp³-hybridized carbons (Fsp3) is 0.310. The van der Waals surface area contributed by atoms with Crippen molar-refractivity contribution in [3.8, 4) is 5.75 Å². The minimum absolute atomic E-state index is 0.0361. The number of likely N-dealkylation sites (N-methyl/N-ethyl adjacent to an activating group) is 1. The van der Waals surface area contributed by atoms with Crippen LogP contribution < -0.4 is 10.1 Å². The average molecular weight is 555 g/mol. The van der Waals surface area contributed by atoms with Crippen LogP contribution in [0.15, 0.2) is 77.3 Å². The number of rotatable bonds is 9. The van der Waals surface area contributed by atoms with Crippen molar-refractivity contribution >= 4 is 27.7 Å². The molecule has 7 heteroatoms. The lowest BCUT2D eigenvalue weighted by molar-refractivity contribution is -0.142. The number of ether oxygens (including phenoxy) is 1. The van der Waals surface area contributed by atoms with Crippen LogP contribution in [0.3, 0.4) is 0 Å². The van der Waals surface area contributed by atoms with Crippen LogP contribution in [0.5, 0.6) is 5.75 Å². The maximum atomic E-state index is 14.5. The quantitative estimate of drug-likeness (QED) is 0.371. The number of hydrogen-bond donors (Lipinski definition) is 1. The van der Waals surface area contributed by atoms with E-state index in [9.17, 15) is 14.0 Å². The first-order valence-corrected chi connectivity index (χ1v) is 12.6. The molecule has 0 unspecified atom stereocenters. The van der Waals surface area contributed by atoms with Gasteiger partial charge in [0.15, 0.2) is 6.61 Å². The third kappa shape index (κ3) is 7.17. The number of hydrogen-bond acceptors (Lipinski definition) is 3. The van der Waals surface area contributed by atoms with Crippen LogP contribution in [-0.2, 0) is 28.0 Å². The summed E-state index contributed by atoms with van der Waals surface area (Å²) in [5, 5.41) is 2.65. The molecule has 0 aromatic heterocycles. The van der Waals surface area contributed by atoms with E-state index in [0.29, 0.717) is 11.3 Å². The Labute approximate surface area is 220 Å². The predicted octanol–water partition coefficient (Wildman–Crippen LogP) is 5.65. The first kappa shape index (κ1) is 27.4. The van der Waals surface area contributed by atoms with E-state index in [1.807, 2.05) is 48.5 Å². The summed E-state index contributed by atoms with van der Waals surface area (Å²) < 4.78 is 21.1. The number of halogens is 2. The highest BCUT2D eigenvalue weighted by Crippen LogP contribution is 2.31. The molecule has 5 nitrogen and oxygen atoms in total. The van der Waals surface area contributed by atoms with E-state index in [2.05, 4.69) is 42.0 Å². The molecule has 0 spiro atoms. The van der Waals surface area contributed by atoms with Crippen molar-refractivity contribution in [3.05, 3.63) is 99.8 Å². The van der Waals surface area contributed by atoms with Gasteiger partial charge in [-0.2, -0.15) is 0 Å². The van der Waals surface area contributed by atoms with Gasteiger partial charge in [0, 0.05) is 25.6 Å². The van der Waals surface area contributed by atoms with E-state index >= 15 is 0 Å². The maximum Gasteiger partial charge on any atom is 0.261 e. The molecule has 0 radical (unpaired) electrons. The molecule has 0 aliphatic heterocycles. The summed E-state index contributed by atoms with van der Waals surface area (Å²) in [4.78, 5) is 27.8. The van der Waals surface area contributed by atoms with Gasteiger partial charge in [-0.25, -0.2) is 4.39 Å². The Balaban J connectivity index is 1.88. The molecule has 0 saturated heterocycles. The molecular weight excluding hydrogens is 523 g/mol. The lowest BCUT2D eigenvalue weighted by Crippen LogP contribution is -2.51. The molecule has 0 bridgehead atoms. The second kappa shape index (κ2) is 12.2. The number of nitrogens with one attached hydrogen (secondary N) is 1. The van der Waals surface area contributed by atoms with Crippen LogP contribution >= 0.6 is 15.9 Å². The predicted molar refractivity (Wildman–Crippen MR) is 143 cm³/mol. The highest BCUT2D eigenvalue weighted by atomic mass is 79.9. The van der Waals surface area contributed by atoms with Crippen molar-refractivity contribution in [3.63, 3.8) is 0 Å². The Bertz CT molecular complexity index is 1190. The highest BCUT2D eigenvalue weighted by Gasteiger charge is 2.31. The molecule has 190 valence electrons. The van der Waals surface area contributed by atoms with Gasteiger partial charge in [-0.3, -0.25) is 9.59 Å². The van der Waals surface area contributed by atoms with Gasteiger partial charge in [0.05, 0.1) is 4.47 Å². The van der Waals surface area contributed by atoms with E-state index in [4.69, 9.17) is 4.74 Å². The zero-order valence-electron chi connectivity index (χ0n) is 21.1. The minimum atomic E-state index is -0.847. The van der Waals surface area contributed by atoms with Crippen molar-refractivity contribution in [1.29, 1.82) is 0 Å². The molecule has 1 atom stereocenters. The van der Waals surface area contributed by atoms with Gasteiger partial charge in [-0.1, -0.05) is 75.4 Å². The number of carbonyl (C=O) groups excluding carboxylic acids is 2. The van der Waals surface area contributed by atoms with E-state index in [1.54, 1.807) is 18.2 Å². The summed E-state index contributed by atoms with van der Waals surface area (Å²) in [6, 6.07) is 20.6. The van der Waals surface area contributed by atoms with Gasteiger partial charge in [-0.15, -0.1) is 0 Å². The monoisotopic (exact) mass is 554 g/mol. The summed E-state index contributed by atoms with van der Waals surface area (Å²) >= 11 is 3.53. The van der Waals surface area contributed by atoms with E-state index in [0.717, 1.165) is 15.6 Å². The second-order valence-corrected chi connectivity index (χ2v) is 10.5. The standard InChI is InChI=1S/C29H32BrFN2O3/c1-29(2,3)22-14-15-26(23(30)17-22)36-19-27(34)33(18-21-12-8-9-13-24(21)31)25(28(35)32-4)16-20-10-6-5-7-11-20/h5-15,17,25H,16,18-19H2,1-4H3,(H,32,35)/t25-/m1/s1. The molecule has 1 N–H and O–H groups in total. The van der Waals surface area contributed by atoms with Gasteiger partial charge in [0.25, 0.3) is 5.91 Å². The van der Waals surface area contributed by atoms with Gasteiger partial charge in [-0.05, 0) is 50.7 Å². The van der Waals surface area contributed by atoms with Crippen molar-refractivity contribution in [2.24, 2.45) is 0 Å². The molecular formula is C29H32BrFN2O3. The summed E-state index contributed by atoms with van der Waals surface area (Å²) in [5.41, 5.74) is 2.30.